The summed E-state index contributed by atoms with van der Waals surface area (Å²) >= 11 is 8.24. The summed E-state index contributed by atoms with van der Waals surface area (Å²) in [6.45, 7) is 1.74. The fourth-order valence-electron chi connectivity index (χ4n) is 3.53. The molecule has 0 spiro atoms. The molecule has 1 aliphatic rings. The van der Waals surface area contributed by atoms with Crippen LogP contribution >= 0.6 is 34.7 Å². The van der Waals surface area contributed by atoms with Gasteiger partial charge in [-0.25, -0.2) is 9.78 Å². The van der Waals surface area contributed by atoms with Gasteiger partial charge in [-0.3, -0.25) is 15.0 Å². The summed E-state index contributed by atoms with van der Waals surface area (Å²) in [5.41, 5.74) is -1.22. The largest absolute Gasteiger partial charge is 0.481 e. The van der Waals surface area contributed by atoms with Crippen LogP contribution in [0.1, 0.15) is 38.2 Å². The molecule has 1 saturated carbocycles. The van der Waals surface area contributed by atoms with Gasteiger partial charge in [-0.2, -0.15) is 13.2 Å². The number of aliphatic carboxylic acids is 1. The molecule has 3 rings (SSSR count). The van der Waals surface area contributed by atoms with Crippen LogP contribution in [-0.2, 0) is 11.0 Å². The highest BCUT2D eigenvalue weighted by atomic mass is 35.5. The van der Waals surface area contributed by atoms with Gasteiger partial charge in [0, 0.05) is 17.3 Å². The molecule has 180 valence electrons. The molecular weight excluding hydrogens is 499 g/mol. The van der Waals surface area contributed by atoms with E-state index in [1.807, 2.05) is 0 Å². The molecule has 2 aromatic rings. The summed E-state index contributed by atoms with van der Waals surface area (Å²) in [4.78, 5) is 29.3. The van der Waals surface area contributed by atoms with Crippen molar-refractivity contribution in [2.75, 3.05) is 22.5 Å². The number of carbonyl (C=O) groups excluding carboxylic acids is 1. The zero-order chi connectivity index (χ0) is 24.2. The standard InChI is InChI=1S/C21H23ClF3N3O3S2/c1-12(18(29)30)11-32-17-9-26-19(33-17)27-20(31)28(10-13-4-2-3-5-13)16-7-6-14(22)8-15(16)21(23,24)25/h6-9,12-13H,2-5,10-11H2,1H3,(H,29,30)(H,26,27,31). The highest BCUT2D eigenvalue weighted by Crippen LogP contribution is 2.40. The highest BCUT2D eigenvalue weighted by Gasteiger charge is 2.37. The lowest BCUT2D eigenvalue weighted by atomic mass is 10.1. The number of hydrogen-bond donors (Lipinski definition) is 2. The maximum atomic E-state index is 13.7. The van der Waals surface area contributed by atoms with E-state index >= 15 is 0 Å². The van der Waals surface area contributed by atoms with E-state index in [1.165, 1.54) is 30.1 Å². The van der Waals surface area contributed by atoms with E-state index in [9.17, 15) is 22.8 Å². The van der Waals surface area contributed by atoms with Crippen LogP contribution in [-0.4, -0.2) is 34.4 Å². The Hall–Kier alpha value is -1.98. The number of hydrogen-bond acceptors (Lipinski definition) is 5. The minimum Gasteiger partial charge on any atom is -0.481 e. The Morgan fingerprint density at radius 3 is 2.70 bits per heavy atom. The number of halogens is 4. The first-order chi connectivity index (χ1) is 15.5. The first-order valence-corrected chi connectivity index (χ1v) is 12.5. The van der Waals surface area contributed by atoms with Gasteiger partial charge in [0.25, 0.3) is 0 Å². The SMILES string of the molecule is CC(CSc1cnc(NC(=O)N(CC2CCCC2)c2ccc(Cl)cc2C(F)(F)F)s1)C(=O)O. The van der Waals surface area contributed by atoms with Gasteiger partial charge in [0.05, 0.1) is 27.6 Å². The molecule has 1 fully saturated rings. The number of urea groups is 1. The number of carboxylic acid groups (broad SMARTS) is 1. The Morgan fingerprint density at radius 2 is 2.06 bits per heavy atom. The second kappa shape index (κ2) is 11.0. The number of carboxylic acids is 1. The van der Waals surface area contributed by atoms with Crippen LogP contribution in [0.15, 0.2) is 28.6 Å². The van der Waals surface area contributed by atoms with Gasteiger partial charge in [0.15, 0.2) is 5.13 Å². The number of thiazole rings is 1. The van der Waals surface area contributed by atoms with Crippen LogP contribution in [0, 0.1) is 11.8 Å². The molecule has 1 heterocycles. The van der Waals surface area contributed by atoms with Gasteiger partial charge in [-0.05, 0) is 37.0 Å². The van der Waals surface area contributed by atoms with Crippen LogP contribution in [0.2, 0.25) is 5.02 Å². The number of amides is 2. The maximum absolute atomic E-state index is 13.7. The lowest BCUT2D eigenvalue weighted by molar-refractivity contribution is -0.140. The predicted octanol–water partition coefficient (Wildman–Crippen LogP) is 6.86. The number of benzene rings is 1. The van der Waals surface area contributed by atoms with Gasteiger partial charge >= 0.3 is 18.2 Å². The lowest BCUT2D eigenvalue weighted by Crippen LogP contribution is -2.39. The molecule has 0 aliphatic heterocycles. The second-order valence-corrected chi connectivity index (χ2v) is 10.7. The first kappa shape index (κ1) is 25.6. The number of aromatic nitrogens is 1. The van der Waals surface area contributed by atoms with Gasteiger partial charge in [0.1, 0.15) is 0 Å². The van der Waals surface area contributed by atoms with Gasteiger partial charge in [-0.15, -0.1) is 11.8 Å². The van der Waals surface area contributed by atoms with Crippen molar-refractivity contribution < 1.29 is 27.9 Å². The predicted molar refractivity (Wildman–Crippen MR) is 124 cm³/mol. The fraction of sp³-hybridized carbons (Fsp3) is 0.476. The van der Waals surface area contributed by atoms with E-state index in [4.69, 9.17) is 16.7 Å². The Morgan fingerprint density at radius 1 is 1.36 bits per heavy atom. The maximum Gasteiger partial charge on any atom is 0.418 e. The zero-order valence-corrected chi connectivity index (χ0v) is 20.1. The van der Waals surface area contributed by atoms with Gasteiger partial charge in [0.2, 0.25) is 0 Å². The summed E-state index contributed by atoms with van der Waals surface area (Å²) < 4.78 is 41.9. The third-order valence-electron chi connectivity index (χ3n) is 5.31. The average Bonchev–Trinajstić information content (AvgIpc) is 3.41. The summed E-state index contributed by atoms with van der Waals surface area (Å²) in [7, 11) is 0. The monoisotopic (exact) mass is 521 g/mol. The topological polar surface area (TPSA) is 82.5 Å². The molecule has 12 heteroatoms. The normalized spacial score (nSPS) is 15.4. The molecule has 1 atom stereocenters. The lowest BCUT2D eigenvalue weighted by Gasteiger charge is -2.28. The summed E-state index contributed by atoms with van der Waals surface area (Å²) in [5, 5.41) is 11.8. The van der Waals surface area contributed by atoms with E-state index < -0.39 is 29.7 Å². The number of carbonyl (C=O) groups is 2. The fourth-order valence-corrected chi connectivity index (χ4v) is 5.61. The zero-order valence-electron chi connectivity index (χ0n) is 17.7. The Bertz CT molecular complexity index is 997. The van der Waals surface area contributed by atoms with Crippen molar-refractivity contribution in [3.8, 4) is 0 Å². The van der Waals surface area contributed by atoms with Crippen molar-refractivity contribution >= 4 is 57.5 Å². The number of thioether (sulfide) groups is 1. The van der Waals surface area contributed by atoms with Crippen molar-refractivity contribution in [1.29, 1.82) is 0 Å². The number of rotatable bonds is 8. The van der Waals surface area contributed by atoms with Crippen molar-refractivity contribution in [2.24, 2.45) is 11.8 Å². The molecular formula is C21H23ClF3N3O3S2. The van der Waals surface area contributed by atoms with Crippen LogP contribution in [0.5, 0.6) is 0 Å². The molecule has 0 saturated heterocycles. The van der Waals surface area contributed by atoms with Crippen molar-refractivity contribution in [3.63, 3.8) is 0 Å². The molecule has 0 radical (unpaired) electrons. The number of nitrogens with one attached hydrogen (secondary N) is 1. The highest BCUT2D eigenvalue weighted by molar-refractivity contribution is 8.01. The smallest absolute Gasteiger partial charge is 0.418 e. The van der Waals surface area contributed by atoms with Crippen molar-refractivity contribution in [1.82, 2.24) is 4.98 Å². The summed E-state index contributed by atoms with van der Waals surface area (Å²) in [6, 6.07) is 2.67. The Balaban J connectivity index is 1.81. The first-order valence-electron chi connectivity index (χ1n) is 10.3. The summed E-state index contributed by atoms with van der Waals surface area (Å²) in [6.07, 6.45) is 0.477. The van der Waals surface area contributed by atoms with E-state index in [2.05, 4.69) is 10.3 Å². The average molecular weight is 522 g/mol. The Labute approximate surface area is 202 Å². The van der Waals surface area contributed by atoms with Crippen LogP contribution < -0.4 is 10.2 Å². The van der Waals surface area contributed by atoms with Crippen molar-refractivity contribution in [2.45, 2.75) is 43.0 Å². The molecule has 1 unspecified atom stereocenters. The summed E-state index contributed by atoms with van der Waals surface area (Å²) in [5.74, 6) is -1.03. The van der Waals surface area contributed by atoms with Gasteiger partial charge in [-0.1, -0.05) is 42.7 Å². The molecule has 33 heavy (non-hydrogen) atoms. The van der Waals surface area contributed by atoms with E-state index in [0.29, 0.717) is 9.96 Å². The molecule has 2 N–H and O–H groups in total. The van der Waals surface area contributed by atoms with Crippen molar-refractivity contribution in [3.05, 3.63) is 35.0 Å². The number of nitrogens with zero attached hydrogens (tertiary/aromatic N) is 2. The quantitative estimate of drug-likeness (QED) is 0.371. The third-order valence-corrected chi connectivity index (χ3v) is 7.91. The van der Waals surface area contributed by atoms with Crippen LogP contribution in [0.25, 0.3) is 0 Å². The molecule has 2 amide bonds. The van der Waals surface area contributed by atoms with Crippen LogP contribution in [0.3, 0.4) is 0 Å². The molecule has 1 aromatic heterocycles. The molecule has 1 aromatic carbocycles. The second-order valence-electron chi connectivity index (χ2n) is 7.89. The molecule has 1 aliphatic carbocycles. The van der Waals surface area contributed by atoms with Crippen LogP contribution in [0.4, 0.5) is 28.8 Å². The third kappa shape index (κ3) is 7.00. The van der Waals surface area contributed by atoms with Gasteiger partial charge < -0.3 is 5.11 Å². The number of alkyl halides is 3. The molecule has 0 bridgehead atoms. The Kier molecular flexibility index (Phi) is 8.52. The molecule has 6 nitrogen and oxygen atoms in total. The van der Waals surface area contributed by atoms with E-state index in [1.54, 1.807) is 6.92 Å². The van der Waals surface area contributed by atoms with E-state index in [0.717, 1.165) is 48.0 Å². The number of anilines is 2. The minimum atomic E-state index is -4.68. The minimum absolute atomic E-state index is 0.0653. The van der Waals surface area contributed by atoms with E-state index in [-0.39, 0.29) is 28.3 Å².